The summed E-state index contributed by atoms with van der Waals surface area (Å²) in [6.45, 7) is 1.12. The number of piperazine rings is 1. The van der Waals surface area contributed by atoms with E-state index < -0.39 is 17.7 Å². The number of nitrogens with zero attached hydrogens (tertiary/aromatic N) is 4. The van der Waals surface area contributed by atoms with Crippen molar-refractivity contribution in [3.05, 3.63) is 59.3 Å². The van der Waals surface area contributed by atoms with Gasteiger partial charge in [-0.3, -0.25) is 4.79 Å². The minimum absolute atomic E-state index is 0.0747. The van der Waals surface area contributed by atoms with Gasteiger partial charge in [-0.25, -0.2) is 13.8 Å². The highest BCUT2D eigenvalue weighted by Crippen LogP contribution is 2.43. The molecule has 0 N–H and O–H groups in total. The lowest BCUT2D eigenvalue weighted by molar-refractivity contribution is -0.139. The highest BCUT2D eigenvalue weighted by molar-refractivity contribution is 5.78. The number of rotatable bonds is 6. The first kappa shape index (κ1) is 20.8. The smallest absolute Gasteiger partial charge is 0.248 e. The number of halogens is 2. The largest absolute Gasteiger partial charge is 0.363 e. The van der Waals surface area contributed by atoms with Crippen molar-refractivity contribution in [2.24, 2.45) is 5.92 Å². The molecule has 8 heteroatoms. The number of anilines is 1. The zero-order valence-electron chi connectivity index (χ0n) is 17.6. The number of likely N-dealkylation sites (tertiary alicyclic amines) is 1. The summed E-state index contributed by atoms with van der Waals surface area (Å²) >= 11 is 0. The first-order chi connectivity index (χ1) is 15.5. The predicted molar refractivity (Wildman–Crippen MR) is 113 cm³/mol. The van der Waals surface area contributed by atoms with E-state index in [2.05, 4.69) is 16.0 Å². The van der Waals surface area contributed by atoms with E-state index in [0.29, 0.717) is 24.2 Å². The Morgan fingerprint density at radius 1 is 1.12 bits per heavy atom. The first-order valence-electron chi connectivity index (χ1n) is 11.0. The molecule has 1 saturated carbocycles. The second-order valence-electron chi connectivity index (χ2n) is 8.85. The van der Waals surface area contributed by atoms with Gasteiger partial charge in [0, 0.05) is 31.4 Å². The molecule has 2 aliphatic heterocycles. The van der Waals surface area contributed by atoms with E-state index in [4.69, 9.17) is 10.00 Å². The number of pyridine rings is 1. The number of benzene rings is 1. The summed E-state index contributed by atoms with van der Waals surface area (Å²) < 4.78 is 33.0. The van der Waals surface area contributed by atoms with Gasteiger partial charge < -0.3 is 14.5 Å². The van der Waals surface area contributed by atoms with Crippen molar-refractivity contribution in [1.29, 1.82) is 5.26 Å². The van der Waals surface area contributed by atoms with Crippen molar-refractivity contribution in [2.75, 3.05) is 24.6 Å². The molecule has 0 radical (unpaired) electrons. The molecule has 1 amide bonds. The zero-order valence-corrected chi connectivity index (χ0v) is 17.6. The molecule has 3 heterocycles. The van der Waals surface area contributed by atoms with Crippen molar-refractivity contribution in [3.8, 4) is 6.07 Å². The predicted octanol–water partition coefficient (Wildman–Crippen LogP) is 3.58. The maximum atomic E-state index is 13.7. The summed E-state index contributed by atoms with van der Waals surface area (Å²) in [6, 6.07) is 9.91. The Morgan fingerprint density at radius 3 is 2.47 bits per heavy atom. The van der Waals surface area contributed by atoms with Crippen LogP contribution in [0.3, 0.4) is 0 Å². The Bertz CT molecular complexity index is 1040. The molecular formula is C24H24F2N4O2. The van der Waals surface area contributed by atoms with E-state index in [-0.39, 0.29) is 30.5 Å². The van der Waals surface area contributed by atoms with Crippen LogP contribution < -0.4 is 4.90 Å². The lowest BCUT2D eigenvalue weighted by Gasteiger charge is -2.41. The summed E-state index contributed by atoms with van der Waals surface area (Å²) in [4.78, 5) is 21.5. The second kappa shape index (κ2) is 8.47. The van der Waals surface area contributed by atoms with Gasteiger partial charge in [0.05, 0.1) is 11.7 Å². The third-order valence-electron chi connectivity index (χ3n) is 6.69. The first-order valence-corrected chi connectivity index (χ1v) is 11.0. The van der Waals surface area contributed by atoms with Crippen molar-refractivity contribution < 1.29 is 18.3 Å². The highest BCUT2D eigenvalue weighted by atomic mass is 19.2. The van der Waals surface area contributed by atoms with E-state index in [1.807, 2.05) is 11.0 Å². The molecule has 2 bridgehead atoms. The molecule has 3 atom stereocenters. The molecular weight excluding hydrogens is 414 g/mol. The molecule has 166 valence electrons. The van der Waals surface area contributed by atoms with Crippen LogP contribution in [0.15, 0.2) is 36.5 Å². The number of amides is 1. The van der Waals surface area contributed by atoms with Crippen LogP contribution in [0.4, 0.5) is 14.6 Å². The molecule has 5 rings (SSSR count). The van der Waals surface area contributed by atoms with Crippen molar-refractivity contribution in [1.82, 2.24) is 9.88 Å². The van der Waals surface area contributed by atoms with Gasteiger partial charge in [0.1, 0.15) is 18.5 Å². The molecule has 3 unspecified atom stereocenters. The quantitative estimate of drug-likeness (QED) is 0.690. The summed E-state index contributed by atoms with van der Waals surface area (Å²) in [6.07, 6.45) is 5.06. The average molecular weight is 438 g/mol. The van der Waals surface area contributed by atoms with E-state index in [1.54, 1.807) is 12.3 Å². The van der Waals surface area contributed by atoms with E-state index in [9.17, 15) is 13.6 Å². The maximum Gasteiger partial charge on any atom is 0.248 e. The molecule has 3 aliphatic rings. The SMILES string of the molecule is N#Cc1ccc(N2C3CCC2CN(C(=O)COC(c2ccc(F)c(F)c2)C2CC2)C3)nc1. The number of fused-ring (bicyclic) bond motifs is 2. The number of hydrogen-bond donors (Lipinski definition) is 0. The lowest BCUT2D eigenvalue weighted by Crippen LogP contribution is -2.56. The molecule has 1 aromatic carbocycles. The molecule has 1 aromatic heterocycles. The number of ether oxygens (including phenoxy) is 1. The van der Waals surface area contributed by atoms with Gasteiger partial charge in [-0.05, 0) is 61.4 Å². The molecule has 0 spiro atoms. The number of nitriles is 1. The minimum Gasteiger partial charge on any atom is -0.363 e. The van der Waals surface area contributed by atoms with E-state index in [1.165, 1.54) is 12.1 Å². The third-order valence-corrected chi connectivity index (χ3v) is 6.69. The Morgan fingerprint density at radius 2 is 1.88 bits per heavy atom. The molecule has 6 nitrogen and oxygen atoms in total. The van der Waals surface area contributed by atoms with Crippen LogP contribution >= 0.6 is 0 Å². The summed E-state index contributed by atoms with van der Waals surface area (Å²) in [5, 5.41) is 8.98. The topological polar surface area (TPSA) is 69.5 Å². The Labute approximate surface area is 185 Å². The van der Waals surface area contributed by atoms with E-state index in [0.717, 1.165) is 37.6 Å². The normalized spacial score (nSPS) is 23.2. The number of carbonyl (C=O) groups excluding carboxylic acids is 1. The van der Waals surface area contributed by atoms with Crippen molar-refractivity contribution in [2.45, 2.75) is 43.9 Å². The summed E-state index contributed by atoms with van der Waals surface area (Å²) in [7, 11) is 0. The molecule has 32 heavy (non-hydrogen) atoms. The van der Waals surface area contributed by atoms with Crippen LogP contribution in [-0.4, -0.2) is 47.6 Å². The van der Waals surface area contributed by atoms with Crippen LogP contribution in [0.25, 0.3) is 0 Å². The highest BCUT2D eigenvalue weighted by Gasteiger charge is 2.42. The zero-order chi connectivity index (χ0) is 22.2. The number of hydrogen-bond acceptors (Lipinski definition) is 5. The van der Waals surface area contributed by atoms with Gasteiger partial charge in [-0.1, -0.05) is 6.07 Å². The van der Waals surface area contributed by atoms with Gasteiger partial charge in [0.25, 0.3) is 0 Å². The van der Waals surface area contributed by atoms with Crippen LogP contribution in [0.5, 0.6) is 0 Å². The molecule has 2 saturated heterocycles. The van der Waals surface area contributed by atoms with Crippen LogP contribution in [0.2, 0.25) is 0 Å². The lowest BCUT2D eigenvalue weighted by atomic mass is 10.0. The average Bonchev–Trinajstić information content (AvgIpc) is 3.61. The van der Waals surface area contributed by atoms with Crippen LogP contribution in [0.1, 0.15) is 42.9 Å². The van der Waals surface area contributed by atoms with Gasteiger partial charge in [-0.15, -0.1) is 0 Å². The minimum atomic E-state index is -0.896. The number of aromatic nitrogens is 1. The maximum absolute atomic E-state index is 13.7. The standard InChI is InChI=1S/C24H24F2N4O2/c25-20-7-4-17(9-21(20)26)24(16-2-3-16)32-14-23(31)29-12-18-5-6-19(13-29)30(18)22-8-1-15(10-27)11-28-22/h1,4,7-9,11,16,18-19,24H,2-3,5-6,12-14H2. The van der Waals surface area contributed by atoms with Crippen LogP contribution in [-0.2, 0) is 9.53 Å². The Balaban J connectivity index is 1.22. The number of carbonyl (C=O) groups is 1. The monoisotopic (exact) mass is 438 g/mol. The summed E-state index contributed by atoms with van der Waals surface area (Å²) in [5.74, 6) is -0.783. The van der Waals surface area contributed by atoms with Gasteiger partial charge in [0.15, 0.2) is 11.6 Å². The Kier molecular flexibility index (Phi) is 5.51. The Hall–Kier alpha value is -3.05. The summed E-state index contributed by atoms with van der Waals surface area (Å²) in [5.41, 5.74) is 1.11. The van der Waals surface area contributed by atoms with Crippen molar-refractivity contribution >= 4 is 11.7 Å². The van der Waals surface area contributed by atoms with Crippen LogP contribution in [0, 0.1) is 28.9 Å². The fraction of sp³-hybridized carbons (Fsp3) is 0.458. The molecule has 1 aliphatic carbocycles. The van der Waals surface area contributed by atoms with Crippen molar-refractivity contribution in [3.63, 3.8) is 0 Å². The molecule has 2 aromatic rings. The van der Waals surface area contributed by atoms with Gasteiger partial charge >= 0.3 is 0 Å². The van der Waals surface area contributed by atoms with Gasteiger partial charge in [-0.2, -0.15) is 5.26 Å². The van der Waals surface area contributed by atoms with E-state index >= 15 is 0 Å². The molecule has 3 fully saturated rings. The second-order valence-corrected chi connectivity index (χ2v) is 8.85. The third kappa shape index (κ3) is 4.05. The fourth-order valence-electron chi connectivity index (χ4n) is 4.93. The fourth-order valence-corrected chi connectivity index (χ4v) is 4.93. The van der Waals surface area contributed by atoms with Gasteiger partial charge in [0.2, 0.25) is 5.91 Å².